The van der Waals surface area contributed by atoms with Gasteiger partial charge in [-0.15, -0.1) is 35.7 Å². The van der Waals surface area contributed by atoms with Crippen molar-refractivity contribution >= 4 is 35.7 Å². The molecular formula is C31H51IOS. The van der Waals surface area contributed by atoms with Gasteiger partial charge in [0.15, 0.2) is 0 Å². The van der Waals surface area contributed by atoms with Crippen LogP contribution in [-0.4, -0.2) is 11.2 Å². The van der Waals surface area contributed by atoms with Crippen LogP contribution in [0, 0.1) is 17.3 Å². The number of fused-ring (bicyclic) bond motifs is 1. The molecule has 1 aromatic carbocycles. The summed E-state index contributed by atoms with van der Waals surface area (Å²) in [6, 6.07) is 8.81. The summed E-state index contributed by atoms with van der Waals surface area (Å²) in [6.45, 7) is 21.6. The Morgan fingerprint density at radius 1 is 1.09 bits per heavy atom. The first-order chi connectivity index (χ1) is 15.1. The molecule has 0 spiro atoms. The summed E-state index contributed by atoms with van der Waals surface area (Å²) in [5, 5.41) is 0. The van der Waals surface area contributed by atoms with Crippen LogP contribution >= 0.6 is 35.7 Å². The Kier molecular flexibility index (Phi) is 15.7. The Hall–Kier alpha value is -0.780. The molecule has 0 amide bonds. The van der Waals surface area contributed by atoms with Gasteiger partial charge < -0.3 is 5.48 Å². The minimum absolute atomic E-state index is 0. The van der Waals surface area contributed by atoms with Gasteiger partial charge in [0.2, 0.25) is 0 Å². The predicted molar refractivity (Wildman–Crippen MR) is 168 cm³/mol. The maximum atomic E-state index is 4.16. The fourth-order valence-electron chi connectivity index (χ4n) is 4.84. The third-order valence-corrected chi connectivity index (χ3v) is 8.14. The van der Waals surface area contributed by atoms with Gasteiger partial charge in [-0.1, -0.05) is 94.0 Å². The summed E-state index contributed by atoms with van der Waals surface area (Å²) in [5.74, 6) is 2.94. The van der Waals surface area contributed by atoms with E-state index in [1.165, 1.54) is 60.1 Å². The van der Waals surface area contributed by atoms with Crippen molar-refractivity contribution in [2.45, 2.75) is 86.5 Å². The van der Waals surface area contributed by atoms with Crippen molar-refractivity contribution in [3.63, 3.8) is 0 Å². The fourth-order valence-corrected chi connectivity index (χ4v) is 5.92. The summed E-state index contributed by atoms with van der Waals surface area (Å²) in [5.41, 5.74) is 7.68. The molecule has 0 radical (unpaired) electrons. The molecule has 3 heteroatoms. The van der Waals surface area contributed by atoms with Crippen molar-refractivity contribution in [1.29, 1.82) is 0 Å². The molecule has 0 fully saturated rings. The van der Waals surface area contributed by atoms with Gasteiger partial charge in [-0.2, -0.15) is 0 Å². The second-order valence-corrected chi connectivity index (χ2v) is 12.0. The molecule has 1 nitrogen and oxygen atoms in total. The van der Waals surface area contributed by atoms with Crippen LogP contribution in [0.5, 0.6) is 0 Å². The van der Waals surface area contributed by atoms with Crippen molar-refractivity contribution in [2.24, 2.45) is 17.3 Å². The predicted octanol–water partition coefficient (Wildman–Crippen LogP) is 9.77. The van der Waals surface area contributed by atoms with Crippen LogP contribution in [0.15, 0.2) is 71.2 Å². The van der Waals surface area contributed by atoms with E-state index in [0.29, 0.717) is 5.41 Å². The first kappa shape index (κ1) is 33.2. The number of rotatable bonds is 8. The molecule has 0 saturated heterocycles. The van der Waals surface area contributed by atoms with Gasteiger partial charge in [0.05, 0.1) is 0 Å². The first-order valence-corrected chi connectivity index (χ1v) is 13.5. The third-order valence-electron chi connectivity index (χ3n) is 6.61. The van der Waals surface area contributed by atoms with Gasteiger partial charge in [-0.05, 0) is 92.1 Å². The van der Waals surface area contributed by atoms with E-state index in [9.17, 15) is 0 Å². The average Bonchev–Trinajstić information content (AvgIpc) is 3.35. The van der Waals surface area contributed by atoms with E-state index in [1.54, 1.807) is 10.5 Å². The van der Waals surface area contributed by atoms with Crippen LogP contribution < -0.4 is 0 Å². The Labute approximate surface area is 233 Å². The van der Waals surface area contributed by atoms with E-state index in [4.69, 9.17) is 0 Å². The second kappa shape index (κ2) is 16.1. The number of benzene rings is 1. The van der Waals surface area contributed by atoms with Crippen LogP contribution in [-0.2, 0) is 12.8 Å². The van der Waals surface area contributed by atoms with E-state index < -0.39 is 0 Å². The SMILES string of the molecule is C/C=C(\CC)SCC1CC=C(C(C)(C)C)C1.C=C(C)CC(=C)CC1Cc2ccccc2C1.I.O.[HH]. The fraction of sp³-hybridized carbons (Fsp3) is 0.548. The number of hydrogen-bond donors (Lipinski definition) is 0. The van der Waals surface area contributed by atoms with E-state index in [2.05, 4.69) is 103 Å². The highest BCUT2D eigenvalue weighted by Gasteiger charge is 2.25. The minimum atomic E-state index is 0. The van der Waals surface area contributed by atoms with Crippen LogP contribution in [0.2, 0.25) is 0 Å². The molecule has 1 aromatic rings. The number of allylic oxidation sites excluding steroid dienone is 6. The zero-order chi connectivity index (χ0) is 23.7. The monoisotopic (exact) mass is 598 g/mol. The highest BCUT2D eigenvalue weighted by atomic mass is 127. The average molecular weight is 599 g/mol. The van der Waals surface area contributed by atoms with Crippen molar-refractivity contribution in [3.8, 4) is 0 Å². The van der Waals surface area contributed by atoms with Crippen molar-refractivity contribution in [2.75, 3.05) is 5.75 Å². The lowest BCUT2D eigenvalue weighted by atomic mass is 9.85. The number of thioether (sulfide) groups is 1. The van der Waals surface area contributed by atoms with Crippen LogP contribution in [0.25, 0.3) is 0 Å². The summed E-state index contributed by atoms with van der Waals surface area (Å²) in [6.07, 6.45) is 13.1. The van der Waals surface area contributed by atoms with Gasteiger partial charge in [-0.3, -0.25) is 0 Å². The van der Waals surface area contributed by atoms with Gasteiger partial charge in [0.1, 0.15) is 0 Å². The number of hydrogen-bond acceptors (Lipinski definition) is 1. The lowest BCUT2D eigenvalue weighted by Gasteiger charge is -2.21. The highest BCUT2D eigenvalue weighted by Crippen LogP contribution is 2.39. The van der Waals surface area contributed by atoms with Crippen LogP contribution in [0.1, 0.15) is 86.2 Å². The topological polar surface area (TPSA) is 31.5 Å². The van der Waals surface area contributed by atoms with Crippen molar-refractivity contribution in [3.05, 3.63) is 82.3 Å². The maximum absolute atomic E-state index is 4.16. The summed E-state index contributed by atoms with van der Waals surface area (Å²) < 4.78 is 0. The summed E-state index contributed by atoms with van der Waals surface area (Å²) in [4.78, 5) is 1.55. The maximum Gasteiger partial charge on any atom is 0.00111 e. The zero-order valence-corrected chi connectivity index (χ0v) is 25.7. The summed E-state index contributed by atoms with van der Waals surface area (Å²) >= 11 is 2.06. The minimum Gasteiger partial charge on any atom is -0.412 e. The van der Waals surface area contributed by atoms with E-state index in [1.807, 2.05) is 0 Å². The molecule has 0 heterocycles. The molecule has 0 aromatic heterocycles. The van der Waals surface area contributed by atoms with Crippen molar-refractivity contribution < 1.29 is 6.90 Å². The molecule has 1 unspecified atom stereocenters. The normalized spacial score (nSPS) is 17.5. The molecule has 3 rings (SSSR count). The highest BCUT2D eigenvalue weighted by molar-refractivity contribution is 14.0. The van der Waals surface area contributed by atoms with Gasteiger partial charge in [0, 0.05) is 7.18 Å². The molecule has 2 aliphatic rings. The lowest BCUT2D eigenvalue weighted by molar-refractivity contribution is 0.471. The Balaban J connectivity index is 0. The quantitative estimate of drug-likeness (QED) is 0.217. The Morgan fingerprint density at radius 2 is 1.68 bits per heavy atom. The van der Waals surface area contributed by atoms with Gasteiger partial charge in [0.25, 0.3) is 0 Å². The molecule has 0 aliphatic heterocycles. The molecule has 34 heavy (non-hydrogen) atoms. The molecule has 194 valence electrons. The molecular weight excluding hydrogens is 547 g/mol. The molecule has 0 saturated carbocycles. The molecule has 2 N–H and O–H groups in total. The molecule has 1 atom stereocenters. The van der Waals surface area contributed by atoms with Gasteiger partial charge in [-0.25, -0.2) is 0 Å². The first-order valence-electron chi connectivity index (χ1n) is 12.5. The van der Waals surface area contributed by atoms with Gasteiger partial charge >= 0.3 is 0 Å². The van der Waals surface area contributed by atoms with E-state index in [0.717, 1.165) is 24.7 Å². The Bertz CT molecular complexity index is 825. The lowest BCUT2D eigenvalue weighted by Crippen LogP contribution is -2.09. The van der Waals surface area contributed by atoms with Crippen molar-refractivity contribution in [1.82, 2.24) is 0 Å². The largest absolute Gasteiger partial charge is 0.412 e. The third kappa shape index (κ3) is 11.3. The van der Waals surface area contributed by atoms with Crippen LogP contribution in [0.3, 0.4) is 0 Å². The van der Waals surface area contributed by atoms with Crippen LogP contribution in [0.4, 0.5) is 0 Å². The Morgan fingerprint density at radius 3 is 2.12 bits per heavy atom. The smallest absolute Gasteiger partial charge is 0.00111 e. The summed E-state index contributed by atoms with van der Waals surface area (Å²) in [7, 11) is 0. The second-order valence-electron chi connectivity index (χ2n) is 10.8. The molecule has 0 bridgehead atoms. The zero-order valence-electron chi connectivity index (χ0n) is 22.5. The molecule has 2 aliphatic carbocycles. The standard InChI is InChI=1S/C16H20.C15H26S.HI.H2O.H2/c1-12(2)8-13(3)9-14-10-15-6-4-5-7-16(15)11-14;1-6-14(7-2)16-11-12-8-9-13(10-12)15(3,4)5;;;/h4-7,14H,1,3,8-11H2,2H3;6,9,12H,7-8,10-11H2,1-5H3;1H;1H2;1H/b;14-6+;;;. The van der Waals surface area contributed by atoms with E-state index >= 15 is 0 Å². The van der Waals surface area contributed by atoms with E-state index in [-0.39, 0.29) is 30.9 Å². The number of halogens is 1.